The Morgan fingerprint density at radius 3 is 2.40 bits per heavy atom. The molecule has 3 heteroatoms. The van der Waals surface area contributed by atoms with Crippen LogP contribution in [-0.4, -0.2) is 10.6 Å². The molecular weight excluding hydrogens is 231 g/mol. The fourth-order valence-electron chi connectivity index (χ4n) is 0.990. The molecule has 0 unspecified atom stereocenters. The average molecular weight is 241 g/mol. The summed E-state index contributed by atoms with van der Waals surface area (Å²) in [5, 5.41) is 0. The van der Waals surface area contributed by atoms with Crippen molar-refractivity contribution in [2.75, 3.05) is 0 Å². The highest BCUT2D eigenvalue weighted by molar-refractivity contribution is 6.45. The molecule has 0 atom stereocenters. The maximum Gasteiger partial charge on any atom is 0.185 e. The Morgan fingerprint density at radius 1 is 1.13 bits per heavy atom. The van der Waals surface area contributed by atoms with E-state index in [9.17, 15) is 4.79 Å². The summed E-state index contributed by atoms with van der Waals surface area (Å²) in [6.45, 7) is 0. The van der Waals surface area contributed by atoms with Crippen LogP contribution >= 0.6 is 23.2 Å². The number of alkyl halides is 2. The molecule has 15 heavy (non-hydrogen) atoms. The number of carbonyl (C=O) groups excluding carboxylic acids is 1. The first kappa shape index (κ1) is 12.0. The normalized spacial score (nSPS) is 11.7. The summed E-state index contributed by atoms with van der Waals surface area (Å²) >= 11 is 10.9. The molecule has 0 aliphatic carbocycles. The van der Waals surface area contributed by atoms with Gasteiger partial charge in [0.05, 0.1) is 0 Å². The molecule has 0 radical (unpaired) electrons. The van der Waals surface area contributed by atoms with Crippen molar-refractivity contribution in [3.63, 3.8) is 0 Å². The van der Waals surface area contributed by atoms with Gasteiger partial charge in [-0.1, -0.05) is 48.6 Å². The van der Waals surface area contributed by atoms with Crippen molar-refractivity contribution in [1.82, 2.24) is 0 Å². The van der Waals surface area contributed by atoms with Gasteiger partial charge in [0.2, 0.25) is 0 Å². The van der Waals surface area contributed by atoms with Crippen LogP contribution in [0.4, 0.5) is 0 Å². The smallest absolute Gasteiger partial charge is 0.185 e. The van der Waals surface area contributed by atoms with Crippen molar-refractivity contribution >= 4 is 29.0 Å². The number of carbonyl (C=O) groups is 1. The van der Waals surface area contributed by atoms with Crippen molar-refractivity contribution in [2.24, 2.45) is 0 Å². The molecule has 0 saturated carbocycles. The van der Waals surface area contributed by atoms with Gasteiger partial charge in [0.25, 0.3) is 0 Å². The standard InChI is InChI=1S/C12H10Cl2O/c13-12(14)9-5-4-8-11(15)10-6-2-1-3-7-10/h1-9,12H. The third-order valence-corrected chi connectivity index (χ3v) is 1.96. The minimum absolute atomic E-state index is 0.0408. The Morgan fingerprint density at radius 2 is 1.80 bits per heavy atom. The van der Waals surface area contributed by atoms with Crippen molar-refractivity contribution in [2.45, 2.75) is 4.84 Å². The summed E-state index contributed by atoms with van der Waals surface area (Å²) in [5.74, 6) is -0.0408. The van der Waals surface area contributed by atoms with Crippen LogP contribution in [0, 0.1) is 0 Å². The van der Waals surface area contributed by atoms with E-state index in [-0.39, 0.29) is 5.78 Å². The molecule has 0 saturated heterocycles. The van der Waals surface area contributed by atoms with E-state index in [2.05, 4.69) is 0 Å². The summed E-state index contributed by atoms with van der Waals surface area (Å²) in [6, 6.07) is 9.05. The van der Waals surface area contributed by atoms with Crippen LogP contribution in [0.1, 0.15) is 10.4 Å². The summed E-state index contributed by atoms with van der Waals surface area (Å²) < 4.78 is 0. The lowest BCUT2D eigenvalue weighted by atomic mass is 10.1. The van der Waals surface area contributed by atoms with Gasteiger partial charge in [0, 0.05) is 5.56 Å². The molecule has 0 aromatic heterocycles. The van der Waals surface area contributed by atoms with Crippen molar-refractivity contribution in [1.29, 1.82) is 0 Å². The first-order chi connectivity index (χ1) is 7.20. The zero-order valence-electron chi connectivity index (χ0n) is 7.94. The molecular formula is C12H10Cl2O. The lowest BCUT2D eigenvalue weighted by Gasteiger charge is -1.92. The number of hydrogen-bond acceptors (Lipinski definition) is 1. The number of rotatable bonds is 4. The molecule has 1 rings (SSSR count). The third kappa shape index (κ3) is 4.82. The largest absolute Gasteiger partial charge is 0.289 e. The van der Waals surface area contributed by atoms with E-state index in [1.165, 1.54) is 6.08 Å². The highest BCUT2D eigenvalue weighted by Gasteiger charge is 1.97. The van der Waals surface area contributed by atoms with Crippen molar-refractivity contribution in [3.05, 3.63) is 60.2 Å². The van der Waals surface area contributed by atoms with Gasteiger partial charge >= 0.3 is 0 Å². The maximum absolute atomic E-state index is 11.5. The van der Waals surface area contributed by atoms with E-state index in [0.29, 0.717) is 5.56 Å². The molecule has 1 aromatic carbocycles. The topological polar surface area (TPSA) is 17.1 Å². The molecule has 0 spiro atoms. The highest BCUT2D eigenvalue weighted by atomic mass is 35.5. The van der Waals surface area contributed by atoms with Gasteiger partial charge in [0.1, 0.15) is 4.84 Å². The third-order valence-electron chi connectivity index (χ3n) is 1.67. The van der Waals surface area contributed by atoms with Crippen LogP contribution < -0.4 is 0 Å². The minimum atomic E-state index is -0.540. The minimum Gasteiger partial charge on any atom is -0.289 e. The molecule has 0 heterocycles. The second-order valence-corrected chi connectivity index (χ2v) is 3.97. The monoisotopic (exact) mass is 240 g/mol. The van der Waals surface area contributed by atoms with Gasteiger partial charge in [-0.2, -0.15) is 0 Å². The summed E-state index contributed by atoms with van der Waals surface area (Å²) in [5.41, 5.74) is 0.662. The molecule has 78 valence electrons. The van der Waals surface area contributed by atoms with Gasteiger partial charge < -0.3 is 0 Å². The van der Waals surface area contributed by atoms with Gasteiger partial charge in [-0.05, 0) is 6.08 Å². The predicted molar refractivity (Wildman–Crippen MR) is 64.5 cm³/mol. The van der Waals surface area contributed by atoms with Crippen molar-refractivity contribution < 1.29 is 4.79 Å². The fraction of sp³-hybridized carbons (Fsp3) is 0.0833. The van der Waals surface area contributed by atoms with Crippen LogP contribution in [0.25, 0.3) is 0 Å². The number of halogens is 2. The Hall–Kier alpha value is -1.05. The zero-order chi connectivity index (χ0) is 11.1. The van der Waals surface area contributed by atoms with Crippen LogP contribution in [-0.2, 0) is 0 Å². The van der Waals surface area contributed by atoms with Crippen molar-refractivity contribution in [3.8, 4) is 0 Å². The lowest BCUT2D eigenvalue weighted by Crippen LogP contribution is -1.92. The molecule has 1 aromatic rings. The van der Waals surface area contributed by atoms with Gasteiger partial charge in [-0.3, -0.25) is 4.79 Å². The lowest BCUT2D eigenvalue weighted by molar-refractivity contribution is 0.104. The number of ketones is 1. The van der Waals surface area contributed by atoms with Crippen LogP contribution in [0.2, 0.25) is 0 Å². The Labute approximate surface area is 99.0 Å². The Bertz CT molecular complexity index is 366. The number of hydrogen-bond donors (Lipinski definition) is 0. The zero-order valence-corrected chi connectivity index (χ0v) is 9.45. The fourth-order valence-corrected chi connectivity index (χ4v) is 1.16. The molecule has 0 bridgehead atoms. The predicted octanol–water partition coefficient (Wildman–Crippen LogP) is 3.79. The first-order valence-corrected chi connectivity index (χ1v) is 5.30. The second kappa shape index (κ2) is 6.44. The van der Waals surface area contributed by atoms with Crippen LogP contribution in [0.5, 0.6) is 0 Å². The average Bonchev–Trinajstić information content (AvgIpc) is 2.25. The Kier molecular flexibility index (Phi) is 5.16. The SMILES string of the molecule is O=C(C=CC=CC(Cl)Cl)c1ccccc1. The van der Waals surface area contributed by atoms with E-state index in [0.717, 1.165) is 0 Å². The Balaban J connectivity index is 2.57. The van der Waals surface area contributed by atoms with E-state index in [4.69, 9.17) is 23.2 Å². The van der Waals surface area contributed by atoms with Gasteiger partial charge in [-0.25, -0.2) is 0 Å². The van der Waals surface area contributed by atoms with E-state index in [1.54, 1.807) is 30.4 Å². The highest BCUT2D eigenvalue weighted by Crippen LogP contribution is 2.03. The van der Waals surface area contributed by atoms with E-state index >= 15 is 0 Å². The molecule has 0 N–H and O–H groups in total. The number of benzene rings is 1. The van der Waals surface area contributed by atoms with Crippen LogP contribution in [0.15, 0.2) is 54.6 Å². The molecule has 0 fully saturated rings. The van der Waals surface area contributed by atoms with E-state index in [1.807, 2.05) is 18.2 Å². The maximum atomic E-state index is 11.5. The molecule has 0 amide bonds. The van der Waals surface area contributed by atoms with Crippen LogP contribution in [0.3, 0.4) is 0 Å². The second-order valence-electron chi connectivity index (χ2n) is 2.81. The molecule has 0 aliphatic rings. The van der Waals surface area contributed by atoms with E-state index < -0.39 is 4.84 Å². The molecule has 0 aliphatic heterocycles. The number of allylic oxidation sites excluding steroid dienone is 4. The summed E-state index contributed by atoms with van der Waals surface area (Å²) in [6.07, 6.45) is 6.32. The van der Waals surface area contributed by atoms with Gasteiger partial charge in [-0.15, -0.1) is 23.2 Å². The quantitative estimate of drug-likeness (QED) is 0.339. The summed E-state index contributed by atoms with van der Waals surface area (Å²) in [4.78, 5) is 11.0. The van der Waals surface area contributed by atoms with Gasteiger partial charge in [0.15, 0.2) is 5.78 Å². The summed E-state index contributed by atoms with van der Waals surface area (Å²) in [7, 11) is 0. The molecule has 1 nitrogen and oxygen atoms in total. The first-order valence-electron chi connectivity index (χ1n) is 4.42.